The zero-order chi connectivity index (χ0) is 12.6. The van der Waals surface area contributed by atoms with Crippen molar-refractivity contribution < 1.29 is 19.4 Å². The van der Waals surface area contributed by atoms with E-state index in [1.54, 1.807) is 0 Å². The second kappa shape index (κ2) is 4.55. The lowest BCUT2D eigenvalue weighted by molar-refractivity contribution is -0.124. The molecule has 5 heteroatoms. The quantitative estimate of drug-likeness (QED) is 0.720. The lowest BCUT2D eigenvalue weighted by atomic mass is 9.91. The van der Waals surface area contributed by atoms with Gasteiger partial charge in [0.2, 0.25) is 5.91 Å². The minimum Gasteiger partial charge on any atom is -0.388 e. The van der Waals surface area contributed by atoms with Crippen LogP contribution < -0.4 is 5.32 Å². The third kappa shape index (κ3) is 2.97. The van der Waals surface area contributed by atoms with E-state index in [4.69, 9.17) is 9.47 Å². The predicted octanol–water partition coefficient (Wildman–Crippen LogP) is 0.0659. The molecule has 5 nitrogen and oxygen atoms in total. The summed E-state index contributed by atoms with van der Waals surface area (Å²) in [6, 6.07) is -0.132. The van der Waals surface area contributed by atoms with Gasteiger partial charge in [0.1, 0.15) is 18.3 Å². The van der Waals surface area contributed by atoms with Gasteiger partial charge in [-0.25, -0.2) is 0 Å². The van der Waals surface area contributed by atoms with Crippen LogP contribution in [0.15, 0.2) is 0 Å². The summed E-state index contributed by atoms with van der Waals surface area (Å²) in [7, 11) is 0. The molecule has 2 heterocycles. The van der Waals surface area contributed by atoms with Crippen molar-refractivity contribution in [1.29, 1.82) is 0 Å². The van der Waals surface area contributed by atoms with E-state index in [9.17, 15) is 9.90 Å². The van der Waals surface area contributed by atoms with Crippen molar-refractivity contribution in [3.8, 4) is 0 Å². The molecule has 0 saturated carbocycles. The van der Waals surface area contributed by atoms with E-state index >= 15 is 0 Å². The first-order valence-corrected chi connectivity index (χ1v) is 6.07. The number of fused-ring (bicyclic) bond motifs is 1. The van der Waals surface area contributed by atoms with Crippen LogP contribution in [0.5, 0.6) is 0 Å². The molecule has 0 spiro atoms. The highest BCUT2D eigenvalue weighted by Gasteiger charge is 2.47. The topological polar surface area (TPSA) is 67.8 Å². The number of ether oxygens (including phenoxy) is 2. The Kier molecular flexibility index (Phi) is 3.43. The van der Waals surface area contributed by atoms with Gasteiger partial charge in [-0.3, -0.25) is 4.79 Å². The van der Waals surface area contributed by atoms with Gasteiger partial charge in [-0.05, 0) is 5.41 Å². The fourth-order valence-electron chi connectivity index (χ4n) is 2.34. The Balaban J connectivity index is 1.86. The average Bonchev–Trinajstić information content (AvgIpc) is 2.69. The molecule has 2 saturated heterocycles. The van der Waals surface area contributed by atoms with Crippen LogP contribution in [0, 0.1) is 5.41 Å². The second-order valence-electron chi connectivity index (χ2n) is 6.07. The fraction of sp³-hybridized carbons (Fsp3) is 0.917. The van der Waals surface area contributed by atoms with Gasteiger partial charge in [0.25, 0.3) is 0 Å². The third-order valence-corrected chi connectivity index (χ3v) is 3.06. The maximum absolute atomic E-state index is 11.8. The summed E-state index contributed by atoms with van der Waals surface area (Å²) < 4.78 is 10.9. The molecule has 2 aliphatic heterocycles. The first-order valence-electron chi connectivity index (χ1n) is 6.07. The van der Waals surface area contributed by atoms with E-state index < -0.39 is 6.10 Å². The number of rotatable bonds is 2. The molecule has 0 radical (unpaired) electrons. The lowest BCUT2D eigenvalue weighted by Crippen LogP contribution is -2.45. The van der Waals surface area contributed by atoms with E-state index in [0.717, 1.165) is 0 Å². The molecule has 98 valence electrons. The van der Waals surface area contributed by atoms with Gasteiger partial charge >= 0.3 is 0 Å². The van der Waals surface area contributed by atoms with Gasteiger partial charge in [0.15, 0.2) is 0 Å². The monoisotopic (exact) mass is 243 g/mol. The Hall–Kier alpha value is -0.650. The fourth-order valence-corrected chi connectivity index (χ4v) is 2.34. The van der Waals surface area contributed by atoms with Crippen molar-refractivity contribution in [2.45, 2.75) is 51.5 Å². The average molecular weight is 243 g/mol. The van der Waals surface area contributed by atoms with Gasteiger partial charge < -0.3 is 19.9 Å². The van der Waals surface area contributed by atoms with Crippen molar-refractivity contribution >= 4 is 5.91 Å². The summed E-state index contributed by atoms with van der Waals surface area (Å²) in [6.07, 6.45) is -0.572. The van der Waals surface area contributed by atoms with E-state index in [1.807, 2.05) is 20.8 Å². The smallest absolute Gasteiger partial charge is 0.220 e. The van der Waals surface area contributed by atoms with E-state index in [1.165, 1.54) is 0 Å². The highest BCUT2D eigenvalue weighted by Crippen LogP contribution is 2.27. The molecule has 0 aliphatic carbocycles. The highest BCUT2D eigenvalue weighted by molar-refractivity contribution is 5.77. The van der Waals surface area contributed by atoms with Crippen molar-refractivity contribution in [3.05, 3.63) is 0 Å². The highest BCUT2D eigenvalue weighted by atomic mass is 16.6. The lowest BCUT2D eigenvalue weighted by Gasteiger charge is -2.21. The molecule has 4 atom stereocenters. The summed E-state index contributed by atoms with van der Waals surface area (Å²) in [5, 5.41) is 12.5. The summed E-state index contributed by atoms with van der Waals surface area (Å²) in [4.78, 5) is 11.8. The first kappa shape index (κ1) is 12.8. The van der Waals surface area contributed by atoms with Crippen molar-refractivity contribution in [2.24, 2.45) is 5.41 Å². The molecule has 0 bridgehead atoms. The Morgan fingerprint density at radius 3 is 2.59 bits per heavy atom. The minimum absolute atomic E-state index is 0.0109. The molecule has 2 N–H and O–H groups in total. The molecular weight excluding hydrogens is 222 g/mol. The summed E-state index contributed by atoms with van der Waals surface area (Å²) in [6.45, 7) is 6.78. The van der Waals surface area contributed by atoms with Crippen molar-refractivity contribution in [3.63, 3.8) is 0 Å². The van der Waals surface area contributed by atoms with Crippen LogP contribution in [0.25, 0.3) is 0 Å². The molecule has 0 aromatic carbocycles. The van der Waals surface area contributed by atoms with Crippen LogP contribution in [0.3, 0.4) is 0 Å². The third-order valence-electron chi connectivity index (χ3n) is 3.06. The summed E-state index contributed by atoms with van der Waals surface area (Å²) >= 11 is 0. The Bertz CT molecular complexity index is 299. The number of nitrogens with one attached hydrogen (secondary N) is 1. The van der Waals surface area contributed by atoms with Crippen LogP contribution in [0.2, 0.25) is 0 Å². The van der Waals surface area contributed by atoms with Crippen LogP contribution in [0.4, 0.5) is 0 Å². The van der Waals surface area contributed by atoms with Crippen molar-refractivity contribution in [1.82, 2.24) is 5.32 Å². The second-order valence-corrected chi connectivity index (χ2v) is 6.07. The Morgan fingerprint density at radius 1 is 1.29 bits per heavy atom. The predicted molar refractivity (Wildman–Crippen MR) is 61.5 cm³/mol. The standard InChI is InChI=1S/C12H21NO4/c1-12(2,3)4-9(15)13-7-5-16-11-8(14)6-17-10(7)11/h7-8,10-11,14H,4-6H2,1-3H3,(H,13,15)/t7-,8+,10+,11+/m0/s1. The molecule has 0 unspecified atom stereocenters. The number of hydrogen-bond donors (Lipinski definition) is 2. The minimum atomic E-state index is -0.565. The zero-order valence-electron chi connectivity index (χ0n) is 10.6. The molecule has 2 aliphatic rings. The molecule has 2 fully saturated rings. The molecule has 2 rings (SSSR count). The van der Waals surface area contributed by atoms with Gasteiger partial charge in [0.05, 0.1) is 19.3 Å². The first-order chi connectivity index (χ1) is 7.87. The summed E-state index contributed by atoms with van der Waals surface area (Å²) in [5.74, 6) is 0.0109. The number of aliphatic hydroxyl groups is 1. The van der Waals surface area contributed by atoms with E-state index in [0.29, 0.717) is 19.6 Å². The van der Waals surface area contributed by atoms with Crippen LogP contribution in [-0.2, 0) is 14.3 Å². The molecule has 17 heavy (non-hydrogen) atoms. The van der Waals surface area contributed by atoms with Crippen molar-refractivity contribution in [2.75, 3.05) is 13.2 Å². The molecular formula is C12H21NO4. The van der Waals surface area contributed by atoms with Gasteiger partial charge in [0, 0.05) is 6.42 Å². The summed E-state index contributed by atoms with van der Waals surface area (Å²) in [5.41, 5.74) is -0.0288. The molecule has 0 aromatic heterocycles. The largest absolute Gasteiger partial charge is 0.388 e. The number of aliphatic hydroxyl groups excluding tert-OH is 1. The zero-order valence-corrected chi connectivity index (χ0v) is 10.6. The SMILES string of the molecule is CC(C)(C)CC(=O)N[C@H]1CO[C@H]2[C@@H]1OC[C@H]2O. The number of amides is 1. The maximum Gasteiger partial charge on any atom is 0.220 e. The maximum atomic E-state index is 11.8. The number of hydrogen-bond acceptors (Lipinski definition) is 4. The molecule has 0 aromatic rings. The van der Waals surface area contributed by atoms with Crippen LogP contribution in [0.1, 0.15) is 27.2 Å². The molecule has 1 amide bonds. The number of carbonyl (C=O) groups is 1. The Morgan fingerprint density at radius 2 is 1.94 bits per heavy atom. The Labute approximate surface area is 101 Å². The van der Waals surface area contributed by atoms with E-state index in [2.05, 4.69) is 5.32 Å². The van der Waals surface area contributed by atoms with Crippen LogP contribution >= 0.6 is 0 Å². The van der Waals surface area contributed by atoms with E-state index in [-0.39, 0.29) is 29.6 Å². The number of carbonyl (C=O) groups excluding carboxylic acids is 1. The van der Waals surface area contributed by atoms with Crippen LogP contribution in [-0.4, -0.2) is 48.6 Å². The van der Waals surface area contributed by atoms with Gasteiger partial charge in [-0.1, -0.05) is 20.8 Å². The normalized spacial score (nSPS) is 36.9. The van der Waals surface area contributed by atoms with Gasteiger partial charge in [-0.15, -0.1) is 0 Å². The van der Waals surface area contributed by atoms with Gasteiger partial charge in [-0.2, -0.15) is 0 Å².